The highest BCUT2D eigenvalue weighted by molar-refractivity contribution is 5.72. The Labute approximate surface area is 160 Å². The molecule has 3 rings (SSSR count). The van der Waals surface area contributed by atoms with Crippen LogP contribution < -0.4 is 0 Å². The smallest absolute Gasteiger partial charge is 0.123 e. The van der Waals surface area contributed by atoms with E-state index in [-0.39, 0.29) is 29.1 Å². The maximum absolute atomic E-state index is 10.7. The van der Waals surface area contributed by atoms with E-state index in [4.69, 9.17) is 0 Å². The Morgan fingerprint density at radius 3 is 2.19 bits per heavy atom. The fourth-order valence-corrected chi connectivity index (χ4v) is 3.77. The zero-order valence-corrected chi connectivity index (χ0v) is 15.8. The third-order valence-electron chi connectivity index (χ3n) is 5.23. The fourth-order valence-electron chi connectivity index (χ4n) is 3.77. The summed E-state index contributed by atoms with van der Waals surface area (Å²) in [4.78, 5) is 0. The van der Waals surface area contributed by atoms with Gasteiger partial charge in [0.1, 0.15) is 17.2 Å². The molecule has 2 unspecified atom stereocenters. The molecular formula is C24H26O3. The van der Waals surface area contributed by atoms with E-state index in [1.165, 1.54) is 5.57 Å². The molecule has 1 aliphatic carbocycles. The highest BCUT2D eigenvalue weighted by Gasteiger charge is 2.29. The lowest BCUT2D eigenvalue weighted by molar-refractivity contribution is 0.407. The average Bonchev–Trinajstić information content (AvgIpc) is 2.60. The molecule has 2 aromatic rings. The van der Waals surface area contributed by atoms with Crippen molar-refractivity contribution < 1.29 is 15.3 Å². The summed E-state index contributed by atoms with van der Waals surface area (Å²) < 4.78 is 0. The second-order valence-corrected chi connectivity index (χ2v) is 7.43. The Morgan fingerprint density at radius 1 is 1.00 bits per heavy atom. The van der Waals surface area contributed by atoms with Crippen molar-refractivity contribution in [2.45, 2.75) is 32.6 Å². The van der Waals surface area contributed by atoms with Crippen LogP contribution in [0.3, 0.4) is 0 Å². The molecule has 3 heteroatoms. The van der Waals surface area contributed by atoms with Gasteiger partial charge in [-0.2, -0.15) is 0 Å². The standard InChI is InChI=1S/C24H26O3/c1-15(2)20-11-4-16(3)12-21(20)24-22(26)13-18(14-23(24)27)6-5-17-7-9-19(25)10-8-17/h5-10,12-14,20-21,25-27H,1,4,11H2,2-3H3/b6-5+. The van der Waals surface area contributed by atoms with Gasteiger partial charge < -0.3 is 15.3 Å². The molecule has 2 aromatic carbocycles. The van der Waals surface area contributed by atoms with Crippen molar-refractivity contribution in [2.75, 3.05) is 0 Å². The topological polar surface area (TPSA) is 60.7 Å². The third-order valence-corrected chi connectivity index (χ3v) is 5.23. The van der Waals surface area contributed by atoms with E-state index in [0.717, 1.165) is 24.0 Å². The summed E-state index contributed by atoms with van der Waals surface area (Å²) in [6.45, 7) is 8.20. The first-order valence-corrected chi connectivity index (χ1v) is 9.21. The molecule has 2 atom stereocenters. The zero-order valence-electron chi connectivity index (χ0n) is 15.8. The van der Waals surface area contributed by atoms with E-state index in [2.05, 4.69) is 19.6 Å². The minimum atomic E-state index is -0.0635. The van der Waals surface area contributed by atoms with Gasteiger partial charge in [0.05, 0.1) is 0 Å². The van der Waals surface area contributed by atoms with Gasteiger partial charge in [-0.3, -0.25) is 0 Å². The number of phenols is 3. The summed E-state index contributed by atoms with van der Waals surface area (Å²) in [7, 11) is 0. The van der Waals surface area contributed by atoms with Crippen molar-refractivity contribution in [1.82, 2.24) is 0 Å². The van der Waals surface area contributed by atoms with Gasteiger partial charge in [0.25, 0.3) is 0 Å². The fraction of sp³-hybridized carbons (Fsp3) is 0.250. The van der Waals surface area contributed by atoms with Crippen LogP contribution in [-0.2, 0) is 0 Å². The van der Waals surface area contributed by atoms with Crippen LogP contribution in [0.25, 0.3) is 12.2 Å². The van der Waals surface area contributed by atoms with Gasteiger partial charge in [-0.25, -0.2) is 0 Å². The summed E-state index contributed by atoms with van der Waals surface area (Å²) >= 11 is 0. The third kappa shape index (κ3) is 4.25. The first-order chi connectivity index (χ1) is 12.8. The van der Waals surface area contributed by atoms with E-state index in [0.29, 0.717) is 11.1 Å². The van der Waals surface area contributed by atoms with E-state index >= 15 is 0 Å². The lowest BCUT2D eigenvalue weighted by Gasteiger charge is -2.31. The van der Waals surface area contributed by atoms with Gasteiger partial charge in [0.15, 0.2) is 0 Å². The minimum absolute atomic E-state index is 0.0635. The van der Waals surface area contributed by atoms with Crippen LogP contribution in [0.1, 0.15) is 49.3 Å². The molecule has 0 heterocycles. The SMILES string of the molecule is C=C(C)C1CCC(C)=CC1c1c(O)cc(/C=C/c2ccc(O)cc2)cc1O. The van der Waals surface area contributed by atoms with Crippen LogP contribution in [0.4, 0.5) is 0 Å². The highest BCUT2D eigenvalue weighted by atomic mass is 16.3. The molecule has 0 saturated heterocycles. The highest BCUT2D eigenvalue weighted by Crippen LogP contribution is 2.46. The van der Waals surface area contributed by atoms with Crippen molar-refractivity contribution in [3.8, 4) is 17.2 Å². The number of rotatable bonds is 4. The lowest BCUT2D eigenvalue weighted by atomic mass is 9.73. The van der Waals surface area contributed by atoms with Crippen LogP contribution in [0.5, 0.6) is 17.2 Å². The average molecular weight is 362 g/mol. The molecule has 3 nitrogen and oxygen atoms in total. The second-order valence-electron chi connectivity index (χ2n) is 7.43. The lowest BCUT2D eigenvalue weighted by Crippen LogP contribution is -2.17. The van der Waals surface area contributed by atoms with E-state index in [1.807, 2.05) is 19.1 Å². The predicted molar refractivity (Wildman–Crippen MR) is 111 cm³/mol. The molecule has 0 aromatic heterocycles. The van der Waals surface area contributed by atoms with E-state index in [9.17, 15) is 15.3 Å². The summed E-state index contributed by atoms with van der Waals surface area (Å²) in [5.41, 5.74) is 4.55. The maximum Gasteiger partial charge on any atom is 0.123 e. The summed E-state index contributed by atoms with van der Waals surface area (Å²) in [6.07, 6.45) is 7.83. The molecule has 0 aliphatic heterocycles. The summed E-state index contributed by atoms with van der Waals surface area (Å²) in [5.74, 6) is 0.565. The van der Waals surface area contributed by atoms with Crippen molar-refractivity contribution in [3.05, 3.63) is 76.9 Å². The quantitative estimate of drug-likeness (QED) is 0.462. The number of phenolic OH excluding ortho intramolecular Hbond substituents is 3. The number of benzene rings is 2. The van der Waals surface area contributed by atoms with Gasteiger partial charge in [-0.05, 0) is 68.0 Å². The zero-order chi connectivity index (χ0) is 19.6. The molecule has 0 saturated carbocycles. The first-order valence-electron chi connectivity index (χ1n) is 9.21. The van der Waals surface area contributed by atoms with Crippen molar-refractivity contribution in [3.63, 3.8) is 0 Å². The van der Waals surface area contributed by atoms with Crippen LogP contribution in [0.15, 0.2) is 60.2 Å². The number of hydrogen-bond acceptors (Lipinski definition) is 3. The predicted octanol–water partition coefficient (Wildman–Crippen LogP) is 5.99. The van der Waals surface area contributed by atoms with Gasteiger partial charge in [0, 0.05) is 11.5 Å². The van der Waals surface area contributed by atoms with E-state index < -0.39 is 0 Å². The number of allylic oxidation sites excluding steroid dienone is 3. The Hall–Kier alpha value is -2.94. The maximum atomic E-state index is 10.7. The Kier molecular flexibility index (Phi) is 5.41. The van der Waals surface area contributed by atoms with Crippen LogP contribution in [0, 0.1) is 5.92 Å². The van der Waals surface area contributed by atoms with Crippen molar-refractivity contribution >= 4 is 12.2 Å². The largest absolute Gasteiger partial charge is 0.508 e. The van der Waals surface area contributed by atoms with Gasteiger partial charge in [0.2, 0.25) is 0 Å². The molecule has 0 radical (unpaired) electrons. The Balaban J connectivity index is 1.93. The van der Waals surface area contributed by atoms with Crippen LogP contribution in [0.2, 0.25) is 0 Å². The molecule has 0 spiro atoms. The van der Waals surface area contributed by atoms with Gasteiger partial charge in [-0.15, -0.1) is 0 Å². The normalized spacial score (nSPS) is 19.9. The minimum Gasteiger partial charge on any atom is -0.508 e. The second kappa shape index (κ2) is 7.75. The van der Waals surface area contributed by atoms with E-state index in [1.54, 1.807) is 36.4 Å². The van der Waals surface area contributed by atoms with Crippen LogP contribution >= 0.6 is 0 Å². The Morgan fingerprint density at radius 2 is 1.59 bits per heavy atom. The molecule has 0 bridgehead atoms. The first kappa shape index (κ1) is 18.8. The Bertz CT molecular complexity index is 881. The summed E-state index contributed by atoms with van der Waals surface area (Å²) in [6, 6.07) is 10.2. The molecular weight excluding hydrogens is 336 g/mol. The molecule has 0 amide bonds. The van der Waals surface area contributed by atoms with Gasteiger partial charge >= 0.3 is 0 Å². The molecule has 0 fully saturated rings. The molecule has 140 valence electrons. The van der Waals surface area contributed by atoms with Crippen LogP contribution in [-0.4, -0.2) is 15.3 Å². The summed E-state index contributed by atoms with van der Waals surface area (Å²) in [5, 5.41) is 30.7. The van der Waals surface area contributed by atoms with Gasteiger partial charge in [-0.1, -0.05) is 48.1 Å². The van der Waals surface area contributed by atoms with Crippen molar-refractivity contribution in [2.24, 2.45) is 5.92 Å². The number of hydrogen-bond donors (Lipinski definition) is 3. The molecule has 27 heavy (non-hydrogen) atoms. The van der Waals surface area contributed by atoms with Crippen molar-refractivity contribution in [1.29, 1.82) is 0 Å². The molecule has 1 aliphatic rings. The number of aromatic hydroxyl groups is 3. The monoisotopic (exact) mass is 362 g/mol. The molecule has 3 N–H and O–H groups in total.